The maximum Gasteiger partial charge on any atom is 0.243 e. The Kier molecular flexibility index (Phi) is 3.72. The third-order valence-electron chi connectivity index (χ3n) is 3.18. The van der Waals surface area contributed by atoms with Crippen LogP contribution < -0.4 is 0 Å². The lowest BCUT2D eigenvalue weighted by atomic mass is 10.2. The van der Waals surface area contributed by atoms with Crippen LogP contribution in [0.5, 0.6) is 0 Å². The van der Waals surface area contributed by atoms with Gasteiger partial charge < -0.3 is 10.2 Å². The van der Waals surface area contributed by atoms with Gasteiger partial charge in [0.2, 0.25) is 10.0 Å². The molecule has 1 unspecified atom stereocenters. The molecule has 1 aliphatic rings. The summed E-state index contributed by atoms with van der Waals surface area (Å²) in [6.07, 6.45) is -0.427. The Balaban J connectivity index is 2.33. The Morgan fingerprint density at radius 1 is 1.33 bits per heavy atom. The summed E-state index contributed by atoms with van der Waals surface area (Å²) in [6, 6.07) is 6.01. The molecule has 1 aliphatic heterocycles. The number of sulfonamides is 1. The molecule has 1 aromatic carbocycles. The van der Waals surface area contributed by atoms with Gasteiger partial charge in [-0.05, 0) is 25.5 Å². The highest BCUT2D eigenvalue weighted by Gasteiger charge is 2.39. The van der Waals surface area contributed by atoms with E-state index in [4.69, 9.17) is 0 Å². The molecule has 1 saturated heterocycles. The highest BCUT2D eigenvalue weighted by molar-refractivity contribution is 7.89. The Bertz CT molecular complexity index is 511. The van der Waals surface area contributed by atoms with E-state index < -0.39 is 22.2 Å². The topological polar surface area (TPSA) is 77.8 Å². The highest BCUT2D eigenvalue weighted by Crippen LogP contribution is 2.26. The Labute approximate surface area is 107 Å². The average Bonchev–Trinajstić information content (AvgIpc) is 2.72. The van der Waals surface area contributed by atoms with Crippen molar-refractivity contribution in [2.45, 2.75) is 30.4 Å². The Morgan fingerprint density at radius 2 is 1.94 bits per heavy atom. The van der Waals surface area contributed by atoms with Crippen molar-refractivity contribution in [1.29, 1.82) is 0 Å². The van der Waals surface area contributed by atoms with Gasteiger partial charge >= 0.3 is 0 Å². The molecule has 18 heavy (non-hydrogen) atoms. The molecule has 0 bridgehead atoms. The zero-order valence-electron chi connectivity index (χ0n) is 10.2. The standard InChI is InChI=1S/C12H17NO4S/c1-9-2-4-12(5-3-9)18(16,17)13-7-11(15)6-10(13)8-14/h2-5,10-11,14-15H,6-8H2,1H3/t10-,11?/m1/s1. The minimum absolute atomic E-state index is 0.0431. The first kappa shape index (κ1) is 13.5. The van der Waals surface area contributed by atoms with Crippen molar-refractivity contribution in [3.63, 3.8) is 0 Å². The number of hydrogen-bond acceptors (Lipinski definition) is 4. The SMILES string of the molecule is Cc1ccc(S(=O)(=O)N2CC(O)C[C@@H]2CO)cc1. The van der Waals surface area contributed by atoms with Gasteiger partial charge in [-0.25, -0.2) is 8.42 Å². The van der Waals surface area contributed by atoms with Crippen LogP contribution in [0.25, 0.3) is 0 Å². The van der Waals surface area contributed by atoms with E-state index in [0.717, 1.165) is 5.56 Å². The van der Waals surface area contributed by atoms with Gasteiger partial charge in [-0.2, -0.15) is 4.31 Å². The van der Waals surface area contributed by atoms with Crippen LogP contribution in [0.3, 0.4) is 0 Å². The second-order valence-corrected chi connectivity index (χ2v) is 6.50. The first-order valence-corrected chi connectivity index (χ1v) is 7.26. The number of β-amino-alcohol motifs (C(OH)–C–C–N with tert-alkyl or cyclic N) is 1. The molecule has 0 aliphatic carbocycles. The van der Waals surface area contributed by atoms with E-state index in [1.54, 1.807) is 24.3 Å². The molecule has 0 spiro atoms. The zero-order valence-corrected chi connectivity index (χ0v) is 11.0. The lowest BCUT2D eigenvalue weighted by Gasteiger charge is -2.22. The maximum atomic E-state index is 12.4. The molecule has 0 aromatic heterocycles. The third kappa shape index (κ3) is 2.42. The summed E-state index contributed by atoms with van der Waals surface area (Å²) in [6.45, 7) is 1.65. The molecule has 1 heterocycles. The van der Waals surface area contributed by atoms with Crippen LogP contribution in [0.2, 0.25) is 0 Å². The minimum Gasteiger partial charge on any atom is -0.395 e. The fourth-order valence-corrected chi connectivity index (χ4v) is 3.83. The van der Waals surface area contributed by atoms with Crippen molar-refractivity contribution in [2.24, 2.45) is 0 Å². The number of hydrogen-bond donors (Lipinski definition) is 2. The quantitative estimate of drug-likeness (QED) is 0.818. The molecular formula is C12H17NO4S. The normalized spacial score (nSPS) is 25.5. The lowest BCUT2D eigenvalue weighted by Crippen LogP contribution is -2.37. The molecular weight excluding hydrogens is 254 g/mol. The molecule has 6 heteroatoms. The second-order valence-electron chi connectivity index (χ2n) is 4.61. The first-order chi connectivity index (χ1) is 8.45. The van der Waals surface area contributed by atoms with Crippen molar-refractivity contribution in [1.82, 2.24) is 4.31 Å². The van der Waals surface area contributed by atoms with Gasteiger partial charge in [0.05, 0.1) is 23.6 Å². The fraction of sp³-hybridized carbons (Fsp3) is 0.500. The van der Waals surface area contributed by atoms with E-state index in [1.807, 2.05) is 6.92 Å². The van der Waals surface area contributed by atoms with E-state index in [2.05, 4.69) is 0 Å². The van der Waals surface area contributed by atoms with E-state index >= 15 is 0 Å². The smallest absolute Gasteiger partial charge is 0.243 e. The molecule has 1 aromatic rings. The second kappa shape index (κ2) is 4.97. The van der Waals surface area contributed by atoms with Gasteiger partial charge in [-0.3, -0.25) is 0 Å². The van der Waals surface area contributed by atoms with Crippen molar-refractivity contribution >= 4 is 10.0 Å². The molecule has 2 rings (SSSR count). The lowest BCUT2D eigenvalue weighted by molar-refractivity contribution is 0.184. The van der Waals surface area contributed by atoms with Gasteiger partial charge in [-0.15, -0.1) is 0 Å². The van der Waals surface area contributed by atoms with E-state index in [9.17, 15) is 18.6 Å². The number of aryl methyl sites for hydroxylation is 1. The van der Waals surface area contributed by atoms with Gasteiger partial charge in [0.15, 0.2) is 0 Å². The van der Waals surface area contributed by atoms with E-state index in [0.29, 0.717) is 0 Å². The van der Waals surface area contributed by atoms with Crippen LogP contribution in [-0.4, -0.2) is 48.2 Å². The summed E-state index contributed by atoms with van der Waals surface area (Å²) in [4.78, 5) is 0.195. The maximum absolute atomic E-state index is 12.4. The first-order valence-electron chi connectivity index (χ1n) is 5.82. The molecule has 100 valence electrons. The summed E-state index contributed by atoms with van der Waals surface area (Å²) in [5, 5.41) is 18.7. The van der Waals surface area contributed by atoms with Gasteiger partial charge in [0.1, 0.15) is 0 Å². The number of nitrogens with zero attached hydrogens (tertiary/aromatic N) is 1. The fourth-order valence-electron chi connectivity index (χ4n) is 2.17. The predicted molar refractivity (Wildman–Crippen MR) is 66.6 cm³/mol. The summed E-state index contributed by atoms with van der Waals surface area (Å²) in [7, 11) is -3.64. The van der Waals surface area contributed by atoms with Gasteiger partial charge in [0, 0.05) is 6.54 Å². The van der Waals surface area contributed by atoms with Crippen LogP contribution in [0, 0.1) is 6.92 Å². The van der Waals surface area contributed by atoms with Crippen molar-refractivity contribution < 1.29 is 18.6 Å². The Hall–Kier alpha value is -0.950. The van der Waals surface area contributed by atoms with Crippen molar-refractivity contribution in [3.8, 4) is 0 Å². The molecule has 0 radical (unpaired) electrons. The summed E-state index contributed by atoms with van der Waals surface area (Å²) < 4.78 is 25.9. The largest absolute Gasteiger partial charge is 0.395 e. The highest BCUT2D eigenvalue weighted by atomic mass is 32.2. The van der Waals surface area contributed by atoms with E-state index in [-0.39, 0.29) is 24.5 Å². The number of aliphatic hydroxyl groups excluding tert-OH is 2. The van der Waals surface area contributed by atoms with E-state index in [1.165, 1.54) is 4.31 Å². The van der Waals surface area contributed by atoms with Crippen molar-refractivity contribution in [2.75, 3.05) is 13.2 Å². The monoisotopic (exact) mass is 271 g/mol. The number of benzene rings is 1. The summed E-state index contributed by atoms with van der Waals surface area (Å²) >= 11 is 0. The van der Waals surface area contributed by atoms with Crippen LogP contribution >= 0.6 is 0 Å². The van der Waals surface area contributed by atoms with Gasteiger partial charge in [0.25, 0.3) is 0 Å². The zero-order chi connectivity index (χ0) is 13.3. The third-order valence-corrected chi connectivity index (χ3v) is 5.11. The Morgan fingerprint density at radius 3 is 2.50 bits per heavy atom. The van der Waals surface area contributed by atoms with Crippen LogP contribution in [0.1, 0.15) is 12.0 Å². The summed E-state index contributed by atoms with van der Waals surface area (Å²) in [5.41, 5.74) is 0.981. The number of aliphatic hydroxyl groups is 2. The number of rotatable bonds is 3. The molecule has 0 amide bonds. The van der Waals surface area contributed by atoms with Crippen molar-refractivity contribution in [3.05, 3.63) is 29.8 Å². The molecule has 2 N–H and O–H groups in total. The molecule has 0 saturated carbocycles. The molecule has 1 fully saturated rings. The molecule has 2 atom stereocenters. The van der Waals surface area contributed by atoms with Crippen LogP contribution in [0.15, 0.2) is 29.2 Å². The average molecular weight is 271 g/mol. The minimum atomic E-state index is -3.64. The van der Waals surface area contributed by atoms with Gasteiger partial charge in [-0.1, -0.05) is 17.7 Å². The van der Waals surface area contributed by atoms with Crippen LogP contribution in [0.4, 0.5) is 0 Å². The van der Waals surface area contributed by atoms with Crippen LogP contribution in [-0.2, 0) is 10.0 Å². The summed E-state index contributed by atoms with van der Waals surface area (Å²) in [5.74, 6) is 0. The molecule has 5 nitrogen and oxygen atoms in total. The predicted octanol–water partition coefficient (Wildman–Crippen LogP) is 0.111.